The molecule has 2 aliphatic heterocycles. The van der Waals surface area contributed by atoms with Gasteiger partial charge >= 0.3 is 0 Å². The van der Waals surface area contributed by atoms with Gasteiger partial charge in [0.1, 0.15) is 6.04 Å². The molecule has 9 nitrogen and oxygen atoms in total. The van der Waals surface area contributed by atoms with Crippen molar-refractivity contribution in [3.63, 3.8) is 0 Å². The van der Waals surface area contributed by atoms with E-state index < -0.39 is 21.0 Å². The largest absolute Gasteiger partial charge is 0.339 e. The van der Waals surface area contributed by atoms with Gasteiger partial charge in [-0.25, -0.2) is 8.42 Å². The molecule has 10 heteroatoms. The predicted octanol–water partition coefficient (Wildman–Crippen LogP) is 0.570. The van der Waals surface area contributed by atoms with E-state index in [4.69, 9.17) is 0 Å². The number of carbonyl (C=O) groups is 1. The van der Waals surface area contributed by atoms with Gasteiger partial charge in [-0.1, -0.05) is 6.42 Å². The molecule has 2 saturated heterocycles. The molecule has 0 aromatic heterocycles. The molecule has 2 fully saturated rings. The van der Waals surface area contributed by atoms with Crippen molar-refractivity contribution >= 4 is 21.6 Å². The molecule has 1 atom stereocenters. The lowest BCUT2D eigenvalue weighted by Crippen LogP contribution is -2.56. The highest BCUT2D eigenvalue weighted by Gasteiger charge is 2.39. The van der Waals surface area contributed by atoms with Crippen molar-refractivity contribution in [2.45, 2.75) is 30.2 Å². The molecule has 142 valence electrons. The topological polar surface area (TPSA) is 113 Å². The van der Waals surface area contributed by atoms with Gasteiger partial charge in [-0.15, -0.1) is 0 Å². The quantitative estimate of drug-likeness (QED) is 0.602. The highest BCUT2D eigenvalue weighted by molar-refractivity contribution is 7.89. The highest BCUT2D eigenvalue weighted by atomic mass is 32.2. The third-order valence-electron chi connectivity index (χ3n) is 4.82. The number of nitrogens with zero attached hydrogens (tertiary/aromatic N) is 3. The minimum Gasteiger partial charge on any atom is -0.339 e. The molecule has 1 amide bonds. The first kappa shape index (κ1) is 18.7. The number of nitrogens with one attached hydrogen (secondary N) is 1. The number of carbonyl (C=O) groups excluding carboxylic acids is 1. The molecule has 1 unspecified atom stereocenters. The molecule has 1 aromatic carbocycles. The molecule has 2 heterocycles. The second-order valence-electron chi connectivity index (χ2n) is 6.45. The Morgan fingerprint density at radius 1 is 1.12 bits per heavy atom. The van der Waals surface area contributed by atoms with Crippen LogP contribution in [0.15, 0.2) is 29.2 Å². The van der Waals surface area contributed by atoms with Crippen LogP contribution in [0.4, 0.5) is 5.69 Å². The van der Waals surface area contributed by atoms with E-state index in [-0.39, 0.29) is 23.0 Å². The highest BCUT2D eigenvalue weighted by Crippen LogP contribution is 2.27. The molecule has 1 aromatic rings. The number of piperazine rings is 1. The first-order valence-corrected chi connectivity index (χ1v) is 10.1. The van der Waals surface area contributed by atoms with E-state index in [9.17, 15) is 23.3 Å². The van der Waals surface area contributed by atoms with Gasteiger partial charge in [-0.05, 0) is 25.0 Å². The van der Waals surface area contributed by atoms with Gasteiger partial charge in [0.15, 0.2) is 0 Å². The van der Waals surface area contributed by atoms with Crippen LogP contribution in [0.1, 0.15) is 19.3 Å². The fraction of sp³-hybridized carbons (Fsp3) is 0.562. The minimum absolute atomic E-state index is 0.0249. The van der Waals surface area contributed by atoms with Gasteiger partial charge < -0.3 is 10.2 Å². The van der Waals surface area contributed by atoms with Crippen LogP contribution in [0.5, 0.6) is 0 Å². The van der Waals surface area contributed by atoms with Gasteiger partial charge in [-0.2, -0.15) is 4.31 Å². The number of benzene rings is 1. The summed E-state index contributed by atoms with van der Waals surface area (Å²) in [6, 6.07) is 4.10. The molecule has 3 rings (SSSR count). The van der Waals surface area contributed by atoms with E-state index in [1.165, 1.54) is 28.6 Å². The van der Waals surface area contributed by atoms with E-state index in [1.54, 1.807) is 4.90 Å². The van der Waals surface area contributed by atoms with Crippen LogP contribution in [-0.2, 0) is 14.8 Å². The van der Waals surface area contributed by atoms with Crippen molar-refractivity contribution in [3.05, 3.63) is 34.4 Å². The Morgan fingerprint density at radius 2 is 1.77 bits per heavy atom. The van der Waals surface area contributed by atoms with Crippen molar-refractivity contribution < 1.29 is 18.1 Å². The smallest absolute Gasteiger partial charge is 0.269 e. The molecular formula is C16H22N4O5S. The lowest BCUT2D eigenvalue weighted by Gasteiger charge is -2.38. The first-order chi connectivity index (χ1) is 12.4. The summed E-state index contributed by atoms with van der Waals surface area (Å²) in [6.45, 7) is 2.82. The van der Waals surface area contributed by atoms with Crippen LogP contribution < -0.4 is 5.32 Å². The normalized spacial score (nSPS) is 22.2. The van der Waals surface area contributed by atoms with Gasteiger partial charge in [0.05, 0.1) is 9.82 Å². The maximum atomic E-state index is 13.0. The molecule has 0 spiro atoms. The summed E-state index contributed by atoms with van der Waals surface area (Å²) < 4.78 is 27.3. The van der Waals surface area contributed by atoms with Gasteiger partial charge in [0.2, 0.25) is 15.9 Å². The second-order valence-corrected chi connectivity index (χ2v) is 8.34. The molecule has 1 N–H and O–H groups in total. The zero-order valence-corrected chi connectivity index (χ0v) is 15.2. The third-order valence-corrected chi connectivity index (χ3v) is 6.74. The number of nitro groups is 1. The molecule has 0 radical (unpaired) electrons. The van der Waals surface area contributed by atoms with Crippen LogP contribution in [0, 0.1) is 10.1 Å². The summed E-state index contributed by atoms with van der Waals surface area (Å²) in [4.78, 5) is 24.8. The van der Waals surface area contributed by atoms with Gasteiger partial charge in [0, 0.05) is 44.9 Å². The number of hydrogen-bond acceptors (Lipinski definition) is 6. The molecule has 2 aliphatic rings. The zero-order valence-electron chi connectivity index (χ0n) is 14.3. The maximum Gasteiger partial charge on any atom is 0.269 e. The fourth-order valence-corrected chi connectivity index (χ4v) is 5.06. The van der Waals surface area contributed by atoms with Crippen molar-refractivity contribution in [1.29, 1.82) is 0 Å². The lowest BCUT2D eigenvalue weighted by atomic mass is 10.0. The number of amides is 1. The molecular weight excluding hydrogens is 360 g/mol. The van der Waals surface area contributed by atoms with Gasteiger partial charge in [-0.3, -0.25) is 14.9 Å². The van der Waals surface area contributed by atoms with Crippen LogP contribution in [0.25, 0.3) is 0 Å². The molecule has 26 heavy (non-hydrogen) atoms. The average Bonchev–Trinajstić information content (AvgIpc) is 2.68. The lowest BCUT2D eigenvalue weighted by molar-refractivity contribution is -0.384. The summed E-state index contributed by atoms with van der Waals surface area (Å²) in [5.74, 6) is -0.156. The summed E-state index contributed by atoms with van der Waals surface area (Å²) in [5, 5.41) is 13.9. The Labute approximate surface area is 152 Å². The first-order valence-electron chi connectivity index (χ1n) is 8.67. The Bertz CT molecular complexity index is 774. The van der Waals surface area contributed by atoms with Crippen LogP contribution in [-0.4, -0.2) is 67.2 Å². The summed E-state index contributed by atoms with van der Waals surface area (Å²) >= 11 is 0. The number of hydrogen-bond donors (Lipinski definition) is 1. The van der Waals surface area contributed by atoms with Crippen molar-refractivity contribution in [2.75, 3.05) is 32.7 Å². The second kappa shape index (κ2) is 7.68. The van der Waals surface area contributed by atoms with E-state index in [0.717, 1.165) is 6.42 Å². The van der Waals surface area contributed by atoms with E-state index in [0.29, 0.717) is 39.0 Å². The zero-order chi connectivity index (χ0) is 18.7. The minimum atomic E-state index is -3.89. The van der Waals surface area contributed by atoms with Crippen molar-refractivity contribution in [3.8, 4) is 0 Å². The van der Waals surface area contributed by atoms with Crippen molar-refractivity contribution in [1.82, 2.24) is 14.5 Å². The van der Waals surface area contributed by atoms with Crippen LogP contribution in [0.3, 0.4) is 0 Å². The number of rotatable bonds is 4. The van der Waals surface area contributed by atoms with Crippen LogP contribution >= 0.6 is 0 Å². The Morgan fingerprint density at radius 3 is 2.38 bits per heavy atom. The average molecular weight is 382 g/mol. The standard InChI is InChI=1S/C16H22N4O5S/c21-16(18-11-8-17-9-12-18)15-3-1-2-10-19(15)26(24,25)14-6-4-13(5-7-14)20(22)23/h4-7,15,17H,1-3,8-12H2. The summed E-state index contributed by atoms with van der Waals surface area (Å²) in [5.41, 5.74) is -0.170. The SMILES string of the molecule is O=C(C1CCCCN1S(=O)(=O)c1ccc([N+](=O)[O-])cc1)N1CCNCC1. The Balaban J connectivity index is 1.85. The maximum absolute atomic E-state index is 13.0. The van der Waals surface area contributed by atoms with Gasteiger partial charge in [0.25, 0.3) is 5.69 Å². The Hall–Kier alpha value is -2.04. The monoisotopic (exact) mass is 382 g/mol. The van der Waals surface area contributed by atoms with E-state index >= 15 is 0 Å². The van der Waals surface area contributed by atoms with Crippen LogP contribution in [0.2, 0.25) is 0 Å². The van der Waals surface area contributed by atoms with E-state index in [2.05, 4.69) is 5.32 Å². The predicted molar refractivity (Wildman–Crippen MR) is 94.1 cm³/mol. The summed E-state index contributed by atoms with van der Waals surface area (Å²) in [7, 11) is -3.89. The summed E-state index contributed by atoms with van der Waals surface area (Å²) in [6.07, 6.45) is 1.99. The fourth-order valence-electron chi connectivity index (χ4n) is 3.41. The third kappa shape index (κ3) is 3.71. The molecule has 0 saturated carbocycles. The molecule has 0 bridgehead atoms. The number of nitro benzene ring substituents is 1. The Kier molecular flexibility index (Phi) is 5.54. The number of non-ortho nitro benzene ring substituents is 1. The van der Waals surface area contributed by atoms with Crippen molar-refractivity contribution in [2.24, 2.45) is 0 Å². The molecule has 0 aliphatic carbocycles. The number of piperidine rings is 1. The number of sulfonamides is 1. The van der Waals surface area contributed by atoms with E-state index in [1.807, 2.05) is 0 Å².